The highest BCUT2D eigenvalue weighted by molar-refractivity contribution is 5.81. The van der Waals surface area contributed by atoms with Crippen LogP contribution in [-0.4, -0.2) is 0 Å². The van der Waals surface area contributed by atoms with Crippen molar-refractivity contribution in [1.82, 2.24) is 0 Å². The van der Waals surface area contributed by atoms with E-state index in [1.165, 1.54) is 10.9 Å². The molecule has 2 rings (SSSR count). The zero-order valence-corrected chi connectivity index (χ0v) is 10.3. The van der Waals surface area contributed by atoms with Crippen molar-refractivity contribution in [1.29, 1.82) is 0 Å². The highest BCUT2D eigenvalue weighted by Crippen LogP contribution is 2.31. The summed E-state index contributed by atoms with van der Waals surface area (Å²) in [4.78, 5) is 0. The zero-order valence-electron chi connectivity index (χ0n) is 10.3. The molecule has 1 heterocycles. The third kappa shape index (κ3) is 2.41. The van der Waals surface area contributed by atoms with E-state index >= 15 is 0 Å². The van der Waals surface area contributed by atoms with E-state index in [0.29, 0.717) is 0 Å². The first kappa shape index (κ1) is 11.8. The van der Waals surface area contributed by atoms with Gasteiger partial charge in [0.05, 0.1) is 6.26 Å². The smallest absolute Gasteiger partial charge is 0.134 e. The van der Waals surface area contributed by atoms with Crippen molar-refractivity contribution in [2.24, 2.45) is 0 Å². The molecule has 82 valence electrons. The predicted molar refractivity (Wildman–Crippen MR) is 66.3 cm³/mol. The van der Waals surface area contributed by atoms with E-state index in [4.69, 9.17) is 4.42 Å². The molecule has 1 aromatic carbocycles. The van der Waals surface area contributed by atoms with Crippen molar-refractivity contribution in [3.63, 3.8) is 0 Å². The van der Waals surface area contributed by atoms with Crippen molar-refractivity contribution in [2.45, 2.75) is 40.0 Å². The van der Waals surface area contributed by atoms with E-state index in [1.54, 1.807) is 0 Å². The van der Waals surface area contributed by atoms with Crippen LogP contribution in [0, 0.1) is 0 Å². The monoisotopic (exact) mass is 204 g/mol. The molecule has 0 amide bonds. The Hall–Kier alpha value is -1.24. The number of fused-ring (bicyclic) bond motifs is 1. The van der Waals surface area contributed by atoms with Gasteiger partial charge in [0, 0.05) is 10.9 Å². The Labute approximate surface area is 92.1 Å². The van der Waals surface area contributed by atoms with Crippen LogP contribution in [0.4, 0.5) is 0 Å². The first-order chi connectivity index (χ1) is 7.09. The molecular weight excluding hydrogens is 184 g/mol. The fraction of sp³-hybridized carbons (Fsp3) is 0.429. The lowest BCUT2D eigenvalue weighted by Gasteiger charge is -2.16. The molecule has 0 aliphatic carbocycles. The molecule has 0 bridgehead atoms. The lowest BCUT2D eigenvalue weighted by molar-refractivity contribution is 0.557. The summed E-state index contributed by atoms with van der Waals surface area (Å²) in [5.74, 6) is 0. The minimum absolute atomic E-state index is 0.159. The summed E-state index contributed by atoms with van der Waals surface area (Å²) in [5.41, 5.74) is 2.42. The minimum atomic E-state index is 0.159. The van der Waals surface area contributed by atoms with Gasteiger partial charge < -0.3 is 4.42 Å². The van der Waals surface area contributed by atoms with Gasteiger partial charge in [0.15, 0.2) is 0 Å². The standard InChI is InChI=1S/C12H14O.C2H6/c1-12(2,3)10-8-13-11-7-5-4-6-9(10)11;1-2/h4-8H,1-3H3;1-2H3. The summed E-state index contributed by atoms with van der Waals surface area (Å²) in [5, 5.41) is 1.23. The van der Waals surface area contributed by atoms with Crippen molar-refractivity contribution in [2.75, 3.05) is 0 Å². The van der Waals surface area contributed by atoms with Crippen LogP contribution in [-0.2, 0) is 5.41 Å². The lowest BCUT2D eigenvalue weighted by atomic mass is 9.87. The molecule has 0 aliphatic rings. The summed E-state index contributed by atoms with van der Waals surface area (Å²) in [6, 6.07) is 8.16. The van der Waals surface area contributed by atoms with Gasteiger partial charge in [-0.3, -0.25) is 0 Å². The lowest BCUT2D eigenvalue weighted by Crippen LogP contribution is -2.09. The van der Waals surface area contributed by atoms with Gasteiger partial charge in [-0.1, -0.05) is 52.8 Å². The van der Waals surface area contributed by atoms with Crippen molar-refractivity contribution in [3.8, 4) is 0 Å². The van der Waals surface area contributed by atoms with Gasteiger partial charge in [0.25, 0.3) is 0 Å². The maximum absolute atomic E-state index is 5.48. The number of benzene rings is 1. The second-order valence-electron chi connectivity index (χ2n) is 4.40. The third-order valence-electron chi connectivity index (χ3n) is 2.29. The normalized spacial score (nSPS) is 11.0. The summed E-state index contributed by atoms with van der Waals surface area (Å²) in [6.07, 6.45) is 1.87. The predicted octanol–water partition coefficient (Wildman–Crippen LogP) is 4.76. The second kappa shape index (κ2) is 4.52. The highest BCUT2D eigenvalue weighted by Gasteiger charge is 2.18. The molecule has 0 radical (unpaired) electrons. The second-order valence-corrected chi connectivity index (χ2v) is 4.40. The Balaban J connectivity index is 0.000000531. The largest absolute Gasteiger partial charge is 0.464 e. The van der Waals surface area contributed by atoms with E-state index in [1.807, 2.05) is 38.3 Å². The fourth-order valence-corrected chi connectivity index (χ4v) is 1.56. The molecule has 0 atom stereocenters. The van der Waals surface area contributed by atoms with E-state index in [9.17, 15) is 0 Å². The first-order valence-corrected chi connectivity index (χ1v) is 5.56. The molecule has 0 N–H and O–H groups in total. The van der Waals surface area contributed by atoms with Gasteiger partial charge in [0.1, 0.15) is 5.58 Å². The van der Waals surface area contributed by atoms with Gasteiger partial charge in [-0.2, -0.15) is 0 Å². The summed E-state index contributed by atoms with van der Waals surface area (Å²) in [7, 11) is 0. The average Bonchev–Trinajstić information content (AvgIpc) is 2.63. The van der Waals surface area contributed by atoms with Crippen LogP contribution in [0.5, 0.6) is 0 Å². The van der Waals surface area contributed by atoms with Crippen molar-refractivity contribution < 1.29 is 4.42 Å². The Morgan fingerprint density at radius 1 is 1.00 bits per heavy atom. The molecule has 1 heteroatoms. The van der Waals surface area contributed by atoms with Crippen LogP contribution in [0.15, 0.2) is 34.9 Å². The molecule has 1 nitrogen and oxygen atoms in total. The van der Waals surface area contributed by atoms with Gasteiger partial charge in [-0.05, 0) is 11.5 Å². The molecule has 0 aliphatic heterocycles. The highest BCUT2D eigenvalue weighted by atomic mass is 16.3. The molecule has 0 unspecified atom stereocenters. The Morgan fingerprint density at radius 3 is 2.20 bits per heavy atom. The van der Waals surface area contributed by atoms with E-state index in [0.717, 1.165) is 5.58 Å². The van der Waals surface area contributed by atoms with E-state index in [2.05, 4.69) is 26.8 Å². The molecule has 0 saturated heterocycles. The average molecular weight is 204 g/mol. The maximum atomic E-state index is 5.48. The SMILES string of the molecule is CC.CC(C)(C)c1coc2ccccc12. The molecule has 1 aromatic heterocycles. The van der Waals surface area contributed by atoms with Crippen LogP contribution < -0.4 is 0 Å². The quantitative estimate of drug-likeness (QED) is 0.603. The van der Waals surface area contributed by atoms with Gasteiger partial charge in [-0.25, -0.2) is 0 Å². The van der Waals surface area contributed by atoms with Crippen LogP contribution in [0.25, 0.3) is 11.0 Å². The number of hydrogen-bond acceptors (Lipinski definition) is 1. The van der Waals surface area contributed by atoms with Crippen LogP contribution in [0.3, 0.4) is 0 Å². The number of para-hydroxylation sites is 1. The molecule has 0 spiro atoms. The molecule has 2 aromatic rings. The van der Waals surface area contributed by atoms with Crippen molar-refractivity contribution in [3.05, 3.63) is 36.1 Å². The molecule has 0 fully saturated rings. The Kier molecular flexibility index (Phi) is 3.57. The summed E-state index contributed by atoms with van der Waals surface area (Å²) >= 11 is 0. The number of furan rings is 1. The van der Waals surface area contributed by atoms with Crippen LogP contribution in [0.1, 0.15) is 40.2 Å². The third-order valence-corrected chi connectivity index (χ3v) is 2.29. The first-order valence-electron chi connectivity index (χ1n) is 5.56. The summed E-state index contributed by atoms with van der Waals surface area (Å²) in [6.45, 7) is 10.6. The van der Waals surface area contributed by atoms with E-state index in [-0.39, 0.29) is 5.41 Å². The van der Waals surface area contributed by atoms with Crippen LogP contribution >= 0.6 is 0 Å². The Bertz CT molecular complexity index is 418. The summed E-state index contributed by atoms with van der Waals surface area (Å²) < 4.78 is 5.48. The number of rotatable bonds is 0. The Morgan fingerprint density at radius 2 is 1.60 bits per heavy atom. The molecular formula is C14H20O. The van der Waals surface area contributed by atoms with Crippen molar-refractivity contribution >= 4 is 11.0 Å². The maximum Gasteiger partial charge on any atom is 0.134 e. The molecule has 0 saturated carbocycles. The topological polar surface area (TPSA) is 13.1 Å². The molecule has 15 heavy (non-hydrogen) atoms. The minimum Gasteiger partial charge on any atom is -0.464 e. The van der Waals surface area contributed by atoms with E-state index < -0.39 is 0 Å². The van der Waals surface area contributed by atoms with Gasteiger partial charge in [-0.15, -0.1) is 0 Å². The van der Waals surface area contributed by atoms with Gasteiger partial charge in [0.2, 0.25) is 0 Å². The zero-order chi connectivity index (χ0) is 11.5. The van der Waals surface area contributed by atoms with Crippen LogP contribution in [0.2, 0.25) is 0 Å². The van der Waals surface area contributed by atoms with Gasteiger partial charge >= 0.3 is 0 Å². The fourth-order valence-electron chi connectivity index (χ4n) is 1.56. The number of hydrogen-bond donors (Lipinski definition) is 0.